The summed E-state index contributed by atoms with van der Waals surface area (Å²) < 4.78 is 0. The zero-order valence-electron chi connectivity index (χ0n) is 15.2. The molecule has 0 bridgehead atoms. The minimum absolute atomic E-state index is 0.0427. The Kier molecular flexibility index (Phi) is 7.11. The largest absolute Gasteiger partial charge is 0.343 e. The Morgan fingerprint density at radius 3 is 2.38 bits per heavy atom. The van der Waals surface area contributed by atoms with E-state index in [9.17, 15) is 9.59 Å². The standard InChI is InChI=1S/C18H23ClN4O2S/c1-5-11(3)14(20-15(24)12(4)19)16(25)21-18-23-22-17(26-18)13-8-6-10(2)7-9-13/h6-9,11-12,14H,5H2,1-4H3,(H,20,24)(H,21,23,25)/t11-,12+,14-/m0/s1. The highest BCUT2D eigenvalue weighted by Crippen LogP contribution is 2.26. The molecule has 3 atom stereocenters. The van der Waals surface area contributed by atoms with Crippen LogP contribution in [0.3, 0.4) is 0 Å². The Bertz CT molecular complexity index is 761. The average Bonchev–Trinajstić information content (AvgIpc) is 3.07. The first-order chi connectivity index (χ1) is 12.3. The molecule has 1 aromatic heterocycles. The highest BCUT2D eigenvalue weighted by atomic mass is 35.5. The fourth-order valence-electron chi connectivity index (χ4n) is 2.24. The number of nitrogens with one attached hydrogen (secondary N) is 2. The minimum Gasteiger partial charge on any atom is -0.343 e. The summed E-state index contributed by atoms with van der Waals surface area (Å²) in [6.07, 6.45) is 0.736. The molecule has 0 radical (unpaired) electrons. The van der Waals surface area contributed by atoms with Crippen LogP contribution in [-0.4, -0.2) is 33.4 Å². The number of hydrogen-bond acceptors (Lipinski definition) is 5. The van der Waals surface area contributed by atoms with Crippen LogP contribution < -0.4 is 10.6 Å². The molecule has 2 aromatic rings. The van der Waals surface area contributed by atoms with Crippen LogP contribution in [0.25, 0.3) is 10.6 Å². The van der Waals surface area contributed by atoms with Gasteiger partial charge in [0, 0.05) is 5.56 Å². The molecule has 0 unspecified atom stereocenters. The van der Waals surface area contributed by atoms with Gasteiger partial charge in [-0.05, 0) is 19.8 Å². The Morgan fingerprint density at radius 2 is 1.81 bits per heavy atom. The molecule has 2 N–H and O–H groups in total. The number of rotatable bonds is 7. The summed E-state index contributed by atoms with van der Waals surface area (Å²) in [5, 5.41) is 14.0. The van der Waals surface area contributed by atoms with E-state index >= 15 is 0 Å². The SMILES string of the molecule is CC[C@H](C)[C@H](NC(=O)[C@@H](C)Cl)C(=O)Nc1nnc(-c2ccc(C)cc2)s1. The van der Waals surface area contributed by atoms with Crippen LogP contribution in [0.15, 0.2) is 24.3 Å². The molecule has 0 saturated carbocycles. The first-order valence-corrected chi connectivity index (χ1v) is 9.73. The van der Waals surface area contributed by atoms with Crippen LogP contribution in [0.5, 0.6) is 0 Å². The molecular formula is C18H23ClN4O2S. The van der Waals surface area contributed by atoms with Crippen molar-refractivity contribution < 1.29 is 9.59 Å². The predicted molar refractivity (Wildman–Crippen MR) is 105 cm³/mol. The fourth-order valence-corrected chi connectivity index (χ4v) is 3.05. The number of aryl methyl sites for hydroxylation is 1. The third-order valence-corrected chi connectivity index (χ3v) is 5.19. The van der Waals surface area contributed by atoms with Gasteiger partial charge in [-0.3, -0.25) is 14.9 Å². The van der Waals surface area contributed by atoms with Crippen LogP contribution in [0.4, 0.5) is 5.13 Å². The van der Waals surface area contributed by atoms with Gasteiger partial charge in [0.1, 0.15) is 16.4 Å². The lowest BCUT2D eigenvalue weighted by Crippen LogP contribution is -2.49. The number of halogens is 1. The normalized spacial score (nSPS) is 14.3. The second kappa shape index (κ2) is 9.09. The lowest BCUT2D eigenvalue weighted by molar-refractivity contribution is -0.127. The van der Waals surface area contributed by atoms with Crippen molar-refractivity contribution in [3.63, 3.8) is 0 Å². The van der Waals surface area contributed by atoms with Gasteiger partial charge in [0.2, 0.25) is 16.9 Å². The zero-order chi connectivity index (χ0) is 19.3. The van der Waals surface area contributed by atoms with Crippen LogP contribution in [0.2, 0.25) is 0 Å². The third-order valence-electron chi connectivity index (χ3n) is 4.11. The lowest BCUT2D eigenvalue weighted by Gasteiger charge is -2.23. The molecule has 0 aliphatic rings. The molecule has 6 nitrogen and oxygen atoms in total. The fraction of sp³-hybridized carbons (Fsp3) is 0.444. The number of alkyl halides is 1. The van der Waals surface area contributed by atoms with Crippen LogP contribution >= 0.6 is 22.9 Å². The van der Waals surface area contributed by atoms with E-state index in [0.717, 1.165) is 22.6 Å². The van der Waals surface area contributed by atoms with Crippen LogP contribution in [0.1, 0.15) is 32.8 Å². The molecule has 8 heteroatoms. The quantitative estimate of drug-likeness (QED) is 0.702. The Hall–Kier alpha value is -1.99. The molecule has 1 aromatic carbocycles. The highest BCUT2D eigenvalue weighted by molar-refractivity contribution is 7.18. The van der Waals surface area contributed by atoms with E-state index in [4.69, 9.17) is 11.6 Å². The van der Waals surface area contributed by atoms with E-state index in [0.29, 0.717) is 5.13 Å². The molecule has 26 heavy (non-hydrogen) atoms. The Morgan fingerprint density at radius 1 is 1.15 bits per heavy atom. The van der Waals surface area contributed by atoms with Crippen molar-refractivity contribution in [3.05, 3.63) is 29.8 Å². The van der Waals surface area contributed by atoms with E-state index in [1.807, 2.05) is 45.0 Å². The van der Waals surface area contributed by atoms with Gasteiger partial charge in [0.05, 0.1) is 0 Å². The van der Waals surface area contributed by atoms with Crippen molar-refractivity contribution in [3.8, 4) is 10.6 Å². The summed E-state index contributed by atoms with van der Waals surface area (Å²) in [5.41, 5.74) is 2.10. The van der Waals surface area contributed by atoms with Gasteiger partial charge in [0.15, 0.2) is 0 Å². The molecule has 0 fully saturated rings. The predicted octanol–water partition coefficient (Wildman–Crippen LogP) is 3.61. The maximum Gasteiger partial charge on any atom is 0.249 e. The summed E-state index contributed by atoms with van der Waals surface area (Å²) in [6, 6.07) is 7.24. The number of nitrogens with zero attached hydrogens (tertiary/aromatic N) is 2. The van der Waals surface area contributed by atoms with E-state index in [2.05, 4.69) is 20.8 Å². The smallest absolute Gasteiger partial charge is 0.249 e. The second-order valence-electron chi connectivity index (χ2n) is 6.26. The maximum absolute atomic E-state index is 12.6. The number of anilines is 1. The van der Waals surface area contributed by atoms with E-state index in [1.165, 1.54) is 11.3 Å². The lowest BCUT2D eigenvalue weighted by atomic mass is 9.98. The number of amides is 2. The van der Waals surface area contributed by atoms with Gasteiger partial charge in [-0.25, -0.2) is 0 Å². The van der Waals surface area contributed by atoms with E-state index < -0.39 is 11.4 Å². The number of carbonyl (C=O) groups is 2. The third kappa shape index (κ3) is 5.25. The number of hydrogen-bond donors (Lipinski definition) is 2. The minimum atomic E-state index is -0.705. The summed E-state index contributed by atoms with van der Waals surface area (Å²) in [6.45, 7) is 7.45. The van der Waals surface area contributed by atoms with Crippen LogP contribution in [-0.2, 0) is 9.59 Å². The molecule has 2 rings (SSSR count). The van der Waals surface area contributed by atoms with Crippen molar-refractivity contribution in [2.45, 2.75) is 45.5 Å². The first-order valence-electron chi connectivity index (χ1n) is 8.47. The van der Waals surface area contributed by atoms with E-state index in [1.54, 1.807) is 6.92 Å². The topological polar surface area (TPSA) is 84.0 Å². The molecule has 0 spiro atoms. The maximum atomic E-state index is 12.6. The molecule has 2 amide bonds. The number of benzene rings is 1. The number of aromatic nitrogens is 2. The highest BCUT2D eigenvalue weighted by Gasteiger charge is 2.28. The molecule has 0 aliphatic carbocycles. The first kappa shape index (κ1) is 20.3. The second-order valence-corrected chi connectivity index (χ2v) is 7.89. The van der Waals surface area contributed by atoms with Crippen LogP contribution in [0, 0.1) is 12.8 Å². The summed E-state index contributed by atoms with van der Waals surface area (Å²) in [5.74, 6) is -0.736. The van der Waals surface area contributed by atoms with Gasteiger partial charge < -0.3 is 5.32 Å². The molecular weight excluding hydrogens is 372 g/mol. The van der Waals surface area contributed by atoms with Crippen molar-refractivity contribution in [2.24, 2.45) is 5.92 Å². The van der Waals surface area contributed by atoms with E-state index in [-0.39, 0.29) is 17.7 Å². The van der Waals surface area contributed by atoms with Crippen molar-refractivity contribution in [2.75, 3.05) is 5.32 Å². The molecule has 0 aliphatic heterocycles. The molecule has 140 valence electrons. The Labute approximate surface area is 162 Å². The van der Waals surface area contributed by atoms with Gasteiger partial charge in [-0.15, -0.1) is 21.8 Å². The number of carbonyl (C=O) groups excluding carboxylic acids is 2. The van der Waals surface area contributed by atoms with Crippen molar-refractivity contribution in [1.29, 1.82) is 0 Å². The summed E-state index contributed by atoms with van der Waals surface area (Å²) >= 11 is 7.09. The van der Waals surface area contributed by atoms with Crippen molar-refractivity contribution >= 4 is 39.9 Å². The summed E-state index contributed by atoms with van der Waals surface area (Å²) in [7, 11) is 0. The van der Waals surface area contributed by atoms with Gasteiger partial charge >= 0.3 is 0 Å². The average molecular weight is 395 g/mol. The van der Waals surface area contributed by atoms with Gasteiger partial charge in [-0.2, -0.15) is 0 Å². The molecule has 1 heterocycles. The van der Waals surface area contributed by atoms with Gasteiger partial charge in [-0.1, -0.05) is 61.4 Å². The monoisotopic (exact) mass is 394 g/mol. The summed E-state index contributed by atoms with van der Waals surface area (Å²) in [4.78, 5) is 24.5. The zero-order valence-corrected chi connectivity index (χ0v) is 16.8. The Balaban J connectivity index is 2.11. The van der Waals surface area contributed by atoms with Gasteiger partial charge in [0.25, 0.3) is 0 Å². The van der Waals surface area contributed by atoms with Crippen molar-refractivity contribution in [1.82, 2.24) is 15.5 Å². The molecule has 0 saturated heterocycles.